The molecule has 0 aliphatic carbocycles. The highest BCUT2D eigenvalue weighted by molar-refractivity contribution is 7.13. The van der Waals surface area contributed by atoms with E-state index in [4.69, 9.17) is 4.74 Å². The topological polar surface area (TPSA) is 45.7 Å². The summed E-state index contributed by atoms with van der Waals surface area (Å²) >= 11 is 1.61. The van der Waals surface area contributed by atoms with Crippen LogP contribution in [0.5, 0.6) is 5.75 Å². The van der Waals surface area contributed by atoms with Crippen molar-refractivity contribution in [3.8, 4) is 16.3 Å². The number of carbonyl (C=O) groups is 1. The Kier molecular flexibility index (Phi) is 5.30. The molecule has 6 heteroatoms. The van der Waals surface area contributed by atoms with Crippen molar-refractivity contribution in [1.82, 2.24) is 9.88 Å². The number of aromatic nitrogens is 1. The van der Waals surface area contributed by atoms with Crippen molar-refractivity contribution in [2.45, 2.75) is 6.92 Å². The quantitative estimate of drug-likeness (QED) is 0.670. The Morgan fingerprint density at radius 3 is 2.46 bits per heavy atom. The zero-order chi connectivity index (χ0) is 19.5. The van der Waals surface area contributed by atoms with Crippen LogP contribution < -0.4 is 9.64 Å². The van der Waals surface area contributed by atoms with Gasteiger partial charge in [-0.2, -0.15) is 0 Å². The number of carbonyl (C=O) groups excluding carboxylic acids is 1. The Morgan fingerprint density at radius 1 is 1.07 bits per heavy atom. The number of piperazine rings is 1. The van der Waals surface area contributed by atoms with Gasteiger partial charge in [0, 0.05) is 54.1 Å². The van der Waals surface area contributed by atoms with Gasteiger partial charge in [-0.3, -0.25) is 4.79 Å². The summed E-state index contributed by atoms with van der Waals surface area (Å²) in [5, 5.41) is 2.99. The predicted molar refractivity (Wildman–Crippen MR) is 113 cm³/mol. The van der Waals surface area contributed by atoms with Crippen LogP contribution in [0, 0.1) is 6.92 Å². The lowest BCUT2D eigenvalue weighted by molar-refractivity contribution is 0.0747. The maximum atomic E-state index is 13.0. The number of ether oxygens (including phenoxy) is 1. The molecule has 28 heavy (non-hydrogen) atoms. The predicted octanol–water partition coefficient (Wildman–Crippen LogP) is 4.09. The number of hydrogen-bond donors (Lipinski definition) is 0. The van der Waals surface area contributed by atoms with E-state index in [-0.39, 0.29) is 5.91 Å². The average molecular weight is 394 g/mol. The molecule has 1 aliphatic rings. The van der Waals surface area contributed by atoms with Gasteiger partial charge in [0.15, 0.2) is 0 Å². The zero-order valence-electron chi connectivity index (χ0n) is 16.1. The van der Waals surface area contributed by atoms with E-state index in [1.54, 1.807) is 18.4 Å². The summed E-state index contributed by atoms with van der Waals surface area (Å²) in [5.41, 5.74) is 3.89. The van der Waals surface area contributed by atoms with E-state index in [0.717, 1.165) is 46.4 Å². The smallest absolute Gasteiger partial charge is 0.253 e. The molecule has 0 N–H and O–H groups in total. The van der Waals surface area contributed by atoms with Crippen LogP contribution in [0.1, 0.15) is 16.1 Å². The van der Waals surface area contributed by atoms with Gasteiger partial charge in [0.05, 0.1) is 7.11 Å². The molecule has 4 rings (SSSR count). The average Bonchev–Trinajstić information content (AvgIpc) is 3.20. The van der Waals surface area contributed by atoms with E-state index >= 15 is 0 Å². The van der Waals surface area contributed by atoms with Gasteiger partial charge in [0.1, 0.15) is 10.8 Å². The summed E-state index contributed by atoms with van der Waals surface area (Å²) in [5.74, 6) is 0.942. The molecule has 1 fully saturated rings. The van der Waals surface area contributed by atoms with Gasteiger partial charge >= 0.3 is 0 Å². The normalized spacial score (nSPS) is 14.2. The Morgan fingerprint density at radius 2 is 1.82 bits per heavy atom. The lowest BCUT2D eigenvalue weighted by atomic mass is 10.1. The SMILES string of the molecule is COc1ccc(N2CCN(C(=O)c3cccc(-c4nc(C)cs4)c3)CC2)cc1. The fraction of sp³-hybridized carbons (Fsp3) is 0.273. The van der Waals surface area contributed by atoms with E-state index in [0.29, 0.717) is 13.1 Å². The van der Waals surface area contributed by atoms with E-state index in [1.807, 2.05) is 53.6 Å². The standard InChI is InChI=1S/C22H23N3O2S/c1-16-15-28-21(23-16)17-4-3-5-18(14-17)22(26)25-12-10-24(11-13-25)19-6-8-20(27-2)9-7-19/h3-9,14-15H,10-13H2,1-2H3. The number of thiazole rings is 1. The molecule has 3 aromatic rings. The van der Waals surface area contributed by atoms with Gasteiger partial charge in [0.25, 0.3) is 5.91 Å². The van der Waals surface area contributed by atoms with Crippen molar-refractivity contribution in [3.63, 3.8) is 0 Å². The van der Waals surface area contributed by atoms with E-state index < -0.39 is 0 Å². The summed E-state index contributed by atoms with van der Waals surface area (Å²) in [7, 11) is 1.67. The van der Waals surface area contributed by atoms with Crippen LogP contribution in [0.2, 0.25) is 0 Å². The minimum atomic E-state index is 0.0875. The second-order valence-corrected chi connectivity index (χ2v) is 7.71. The Hall–Kier alpha value is -2.86. The Balaban J connectivity index is 1.42. The zero-order valence-corrected chi connectivity index (χ0v) is 16.9. The maximum absolute atomic E-state index is 13.0. The molecule has 144 valence electrons. The third-order valence-electron chi connectivity index (χ3n) is 4.98. The molecule has 1 amide bonds. The van der Waals surface area contributed by atoms with Gasteiger partial charge in [0.2, 0.25) is 0 Å². The first-order valence-corrected chi connectivity index (χ1v) is 10.2. The van der Waals surface area contributed by atoms with Crippen LogP contribution in [0.3, 0.4) is 0 Å². The lowest BCUT2D eigenvalue weighted by Gasteiger charge is -2.36. The summed E-state index contributed by atoms with van der Waals surface area (Å²) < 4.78 is 5.22. The third kappa shape index (κ3) is 3.87. The molecule has 2 aromatic carbocycles. The van der Waals surface area contributed by atoms with Crippen molar-refractivity contribution in [2.75, 3.05) is 38.2 Å². The fourth-order valence-electron chi connectivity index (χ4n) is 3.42. The molecule has 2 heterocycles. The number of aryl methyl sites for hydroxylation is 1. The third-order valence-corrected chi connectivity index (χ3v) is 5.99. The first-order valence-electron chi connectivity index (χ1n) is 9.35. The molecular formula is C22H23N3O2S. The van der Waals surface area contributed by atoms with Crippen molar-refractivity contribution >= 4 is 22.9 Å². The van der Waals surface area contributed by atoms with Crippen LogP contribution in [0.15, 0.2) is 53.9 Å². The van der Waals surface area contributed by atoms with Gasteiger partial charge in [-0.05, 0) is 43.3 Å². The van der Waals surface area contributed by atoms with Crippen LogP contribution in [-0.4, -0.2) is 49.1 Å². The molecular weight excluding hydrogens is 370 g/mol. The summed E-state index contributed by atoms with van der Waals surface area (Å²) in [6, 6.07) is 15.9. The molecule has 1 aliphatic heterocycles. The molecule has 1 saturated heterocycles. The second kappa shape index (κ2) is 8.02. The van der Waals surface area contributed by atoms with Crippen LogP contribution >= 0.6 is 11.3 Å². The minimum absolute atomic E-state index is 0.0875. The summed E-state index contributed by atoms with van der Waals surface area (Å²) in [6.45, 7) is 5.06. The molecule has 0 unspecified atom stereocenters. The van der Waals surface area contributed by atoms with E-state index in [9.17, 15) is 4.79 Å². The molecule has 0 atom stereocenters. The number of anilines is 1. The van der Waals surface area contributed by atoms with Gasteiger partial charge in [-0.15, -0.1) is 11.3 Å². The molecule has 5 nitrogen and oxygen atoms in total. The number of hydrogen-bond acceptors (Lipinski definition) is 5. The number of methoxy groups -OCH3 is 1. The molecule has 0 radical (unpaired) electrons. The van der Waals surface area contributed by atoms with Crippen molar-refractivity contribution < 1.29 is 9.53 Å². The van der Waals surface area contributed by atoms with Crippen LogP contribution in [0.4, 0.5) is 5.69 Å². The highest BCUT2D eigenvalue weighted by atomic mass is 32.1. The fourth-order valence-corrected chi connectivity index (χ4v) is 4.21. The monoisotopic (exact) mass is 393 g/mol. The number of amides is 1. The molecule has 1 aromatic heterocycles. The van der Waals surface area contributed by atoms with Crippen molar-refractivity contribution in [2.24, 2.45) is 0 Å². The van der Waals surface area contributed by atoms with E-state index in [2.05, 4.69) is 22.0 Å². The Labute approximate surface area is 169 Å². The summed E-state index contributed by atoms with van der Waals surface area (Å²) in [4.78, 5) is 21.8. The first kappa shape index (κ1) is 18.5. The first-order chi connectivity index (χ1) is 13.6. The Bertz CT molecular complexity index is 960. The molecule has 0 saturated carbocycles. The van der Waals surface area contributed by atoms with E-state index in [1.165, 1.54) is 0 Å². The highest BCUT2D eigenvalue weighted by Crippen LogP contribution is 2.25. The maximum Gasteiger partial charge on any atom is 0.253 e. The van der Waals surface area contributed by atoms with Crippen molar-refractivity contribution in [1.29, 1.82) is 0 Å². The van der Waals surface area contributed by atoms with Crippen LogP contribution in [-0.2, 0) is 0 Å². The largest absolute Gasteiger partial charge is 0.497 e. The summed E-state index contributed by atoms with van der Waals surface area (Å²) in [6.07, 6.45) is 0. The second-order valence-electron chi connectivity index (χ2n) is 6.85. The van der Waals surface area contributed by atoms with Gasteiger partial charge in [-0.25, -0.2) is 4.98 Å². The number of rotatable bonds is 4. The van der Waals surface area contributed by atoms with Gasteiger partial charge in [-0.1, -0.05) is 12.1 Å². The van der Waals surface area contributed by atoms with Crippen molar-refractivity contribution in [3.05, 3.63) is 65.2 Å². The minimum Gasteiger partial charge on any atom is -0.497 e. The number of benzene rings is 2. The number of nitrogens with zero attached hydrogens (tertiary/aromatic N) is 3. The highest BCUT2D eigenvalue weighted by Gasteiger charge is 2.22. The molecule has 0 spiro atoms. The lowest BCUT2D eigenvalue weighted by Crippen LogP contribution is -2.48. The molecule has 0 bridgehead atoms. The van der Waals surface area contributed by atoms with Crippen LogP contribution in [0.25, 0.3) is 10.6 Å². The van der Waals surface area contributed by atoms with Gasteiger partial charge < -0.3 is 14.5 Å².